The van der Waals surface area contributed by atoms with E-state index in [1.165, 1.54) is 18.8 Å². The third-order valence-electron chi connectivity index (χ3n) is 4.00. The highest BCUT2D eigenvalue weighted by Gasteiger charge is 2.22. The van der Waals surface area contributed by atoms with E-state index >= 15 is 0 Å². The third kappa shape index (κ3) is 4.61. The molecule has 28 heavy (non-hydrogen) atoms. The van der Waals surface area contributed by atoms with Crippen molar-refractivity contribution in [1.29, 1.82) is 0 Å². The lowest BCUT2D eigenvalue weighted by atomic mass is 10.1. The van der Waals surface area contributed by atoms with Crippen LogP contribution in [0.4, 0.5) is 4.79 Å². The van der Waals surface area contributed by atoms with Crippen LogP contribution in [-0.4, -0.2) is 39.0 Å². The Morgan fingerprint density at radius 3 is 2.75 bits per heavy atom. The van der Waals surface area contributed by atoms with Crippen LogP contribution in [0.1, 0.15) is 18.2 Å². The first-order valence-corrected chi connectivity index (χ1v) is 9.57. The van der Waals surface area contributed by atoms with Gasteiger partial charge in [-0.25, -0.2) is 4.79 Å². The number of furan rings is 1. The average molecular weight is 399 g/mol. The zero-order valence-electron chi connectivity index (χ0n) is 15.8. The van der Waals surface area contributed by atoms with E-state index in [1.807, 2.05) is 47.9 Å². The molecule has 2 N–H and O–H groups in total. The number of rotatable bonds is 6. The first kappa shape index (κ1) is 19.7. The Kier molecular flexibility index (Phi) is 6.15. The summed E-state index contributed by atoms with van der Waals surface area (Å²) < 4.78 is 7.38. The monoisotopic (exact) mass is 399 g/mol. The van der Waals surface area contributed by atoms with Crippen molar-refractivity contribution in [1.82, 2.24) is 25.4 Å². The number of amides is 3. The number of nitrogens with zero attached hydrogens (tertiary/aromatic N) is 3. The Morgan fingerprint density at radius 2 is 2.07 bits per heavy atom. The molecule has 8 nitrogen and oxygen atoms in total. The van der Waals surface area contributed by atoms with E-state index in [4.69, 9.17) is 4.42 Å². The minimum Gasteiger partial charge on any atom is -0.467 e. The van der Waals surface area contributed by atoms with Gasteiger partial charge >= 0.3 is 6.03 Å². The summed E-state index contributed by atoms with van der Waals surface area (Å²) in [4.78, 5) is 23.6. The maximum Gasteiger partial charge on any atom is 0.321 e. The summed E-state index contributed by atoms with van der Waals surface area (Å²) in [5, 5.41) is 13.3. The Bertz CT molecular complexity index is 968. The predicted molar refractivity (Wildman–Crippen MR) is 106 cm³/mol. The van der Waals surface area contributed by atoms with Crippen LogP contribution in [0, 0.1) is 6.92 Å². The number of nitrogens with one attached hydrogen (secondary N) is 2. The smallest absolute Gasteiger partial charge is 0.321 e. The standard InChI is InChI=1S/C19H21N5O3S/c1-12-6-4-7-14(10-12)16-22-23-19(24(16)11-15-8-5-9-27-15)28-13(2)17(25)21-18(26)20-3/h4-10,13H,11H2,1-3H3,(H2,20,21,25,26). The van der Waals surface area contributed by atoms with Gasteiger partial charge in [-0.1, -0.05) is 35.5 Å². The molecular formula is C19H21N5O3S. The molecule has 3 amide bonds. The van der Waals surface area contributed by atoms with Crippen molar-refractivity contribution in [2.75, 3.05) is 7.05 Å². The maximum absolute atomic E-state index is 12.2. The molecule has 0 saturated carbocycles. The Labute approximate surface area is 166 Å². The summed E-state index contributed by atoms with van der Waals surface area (Å²) in [6.07, 6.45) is 1.61. The van der Waals surface area contributed by atoms with E-state index in [2.05, 4.69) is 20.8 Å². The van der Waals surface area contributed by atoms with E-state index in [1.54, 1.807) is 13.2 Å². The lowest BCUT2D eigenvalue weighted by Gasteiger charge is -2.13. The zero-order chi connectivity index (χ0) is 20.1. The molecule has 3 aromatic rings. The van der Waals surface area contributed by atoms with Crippen molar-refractivity contribution in [3.8, 4) is 11.4 Å². The van der Waals surface area contributed by atoms with Gasteiger partial charge in [0.05, 0.1) is 18.1 Å². The molecule has 146 valence electrons. The number of imide groups is 1. The summed E-state index contributed by atoms with van der Waals surface area (Å²) in [5.41, 5.74) is 2.03. The van der Waals surface area contributed by atoms with Crippen molar-refractivity contribution < 1.29 is 14.0 Å². The van der Waals surface area contributed by atoms with Crippen molar-refractivity contribution in [3.63, 3.8) is 0 Å². The van der Waals surface area contributed by atoms with E-state index in [-0.39, 0.29) is 0 Å². The first-order valence-electron chi connectivity index (χ1n) is 8.69. The normalized spacial score (nSPS) is 11.8. The van der Waals surface area contributed by atoms with Crippen LogP contribution in [0.5, 0.6) is 0 Å². The van der Waals surface area contributed by atoms with Gasteiger partial charge in [0, 0.05) is 12.6 Å². The summed E-state index contributed by atoms with van der Waals surface area (Å²) >= 11 is 1.23. The molecule has 2 aromatic heterocycles. The highest BCUT2D eigenvalue weighted by molar-refractivity contribution is 8.00. The predicted octanol–water partition coefficient (Wildman–Crippen LogP) is 2.83. The van der Waals surface area contributed by atoms with E-state index in [9.17, 15) is 9.59 Å². The highest BCUT2D eigenvalue weighted by Crippen LogP contribution is 2.28. The molecule has 0 bridgehead atoms. The van der Waals surface area contributed by atoms with Crippen LogP contribution in [0.3, 0.4) is 0 Å². The Morgan fingerprint density at radius 1 is 1.25 bits per heavy atom. The Balaban J connectivity index is 1.90. The largest absolute Gasteiger partial charge is 0.467 e. The van der Waals surface area contributed by atoms with Crippen LogP contribution in [0.2, 0.25) is 0 Å². The molecule has 9 heteroatoms. The van der Waals surface area contributed by atoms with Crippen molar-refractivity contribution in [3.05, 3.63) is 54.0 Å². The van der Waals surface area contributed by atoms with Gasteiger partial charge < -0.3 is 9.73 Å². The topological polar surface area (TPSA) is 102 Å². The van der Waals surface area contributed by atoms with E-state index in [0.29, 0.717) is 17.5 Å². The molecule has 1 unspecified atom stereocenters. The van der Waals surface area contributed by atoms with E-state index < -0.39 is 17.2 Å². The molecule has 0 fully saturated rings. The van der Waals surface area contributed by atoms with Crippen LogP contribution >= 0.6 is 11.8 Å². The average Bonchev–Trinajstić information content (AvgIpc) is 3.32. The number of hydrogen-bond acceptors (Lipinski definition) is 6. The van der Waals surface area contributed by atoms with Crippen molar-refractivity contribution >= 4 is 23.7 Å². The maximum atomic E-state index is 12.2. The molecule has 0 radical (unpaired) electrons. The minimum atomic E-state index is -0.546. The number of urea groups is 1. The van der Waals surface area contributed by atoms with Crippen LogP contribution in [0.15, 0.2) is 52.2 Å². The van der Waals surface area contributed by atoms with Gasteiger partial charge in [-0.3, -0.25) is 14.7 Å². The fourth-order valence-electron chi connectivity index (χ4n) is 2.56. The number of carbonyl (C=O) groups excluding carboxylic acids is 2. The fraction of sp³-hybridized carbons (Fsp3) is 0.263. The van der Waals surface area contributed by atoms with Crippen LogP contribution < -0.4 is 10.6 Å². The number of thioether (sulfide) groups is 1. The SMILES string of the molecule is CNC(=O)NC(=O)C(C)Sc1nnc(-c2cccc(C)c2)n1Cc1ccco1. The lowest BCUT2D eigenvalue weighted by molar-refractivity contribution is -0.119. The first-order chi connectivity index (χ1) is 13.5. The van der Waals surface area contributed by atoms with Gasteiger partial charge in [-0.15, -0.1) is 10.2 Å². The molecule has 0 aliphatic carbocycles. The Hall–Kier alpha value is -3.07. The van der Waals surface area contributed by atoms with Gasteiger partial charge in [0.25, 0.3) is 0 Å². The van der Waals surface area contributed by atoms with Gasteiger partial charge in [0.15, 0.2) is 11.0 Å². The zero-order valence-corrected chi connectivity index (χ0v) is 16.6. The summed E-state index contributed by atoms with van der Waals surface area (Å²) in [6.45, 7) is 4.15. The number of aromatic nitrogens is 3. The third-order valence-corrected chi connectivity index (χ3v) is 5.08. The van der Waals surface area contributed by atoms with Gasteiger partial charge in [-0.05, 0) is 32.0 Å². The lowest BCUT2D eigenvalue weighted by Crippen LogP contribution is -2.41. The molecule has 0 spiro atoms. The van der Waals surface area contributed by atoms with Crippen molar-refractivity contribution in [2.45, 2.75) is 30.8 Å². The molecule has 1 aromatic carbocycles. The summed E-state index contributed by atoms with van der Waals surface area (Å²) in [7, 11) is 1.45. The van der Waals surface area contributed by atoms with Gasteiger partial charge in [0.2, 0.25) is 5.91 Å². The number of carbonyl (C=O) groups is 2. The highest BCUT2D eigenvalue weighted by atomic mass is 32.2. The molecular weight excluding hydrogens is 378 g/mol. The molecule has 0 aliphatic rings. The molecule has 1 atom stereocenters. The minimum absolute atomic E-state index is 0.408. The summed E-state index contributed by atoms with van der Waals surface area (Å²) in [6, 6.07) is 11.1. The number of hydrogen-bond donors (Lipinski definition) is 2. The molecule has 0 aliphatic heterocycles. The van der Waals surface area contributed by atoms with Gasteiger partial charge in [0.1, 0.15) is 5.76 Å². The van der Waals surface area contributed by atoms with E-state index in [0.717, 1.165) is 16.9 Å². The second-order valence-electron chi connectivity index (χ2n) is 6.17. The second kappa shape index (κ2) is 8.75. The quantitative estimate of drug-likeness (QED) is 0.618. The molecule has 3 rings (SSSR count). The fourth-order valence-corrected chi connectivity index (χ4v) is 3.41. The molecule has 2 heterocycles. The van der Waals surface area contributed by atoms with Gasteiger partial charge in [-0.2, -0.15) is 0 Å². The van der Waals surface area contributed by atoms with Crippen molar-refractivity contribution in [2.24, 2.45) is 0 Å². The van der Waals surface area contributed by atoms with Crippen LogP contribution in [0.25, 0.3) is 11.4 Å². The van der Waals surface area contributed by atoms with Crippen LogP contribution in [-0.2, 0) is 11.3 Å². The molecule has 0 saturated heterocycles. The summed E-state index contributed by atoms with van der Waals surface area (Å²) in [5.74, 6) is 1.02. The number of aryl methyl sites for hydroxylation is 1. The second-order valence-corrected chi connectivity index (χ2v) is 7.48. The number of benzene rings is 1.